The maximum atomic E-state index is 13.3. The molecule has 0 unspecified atom stereocenters. The fourth-order valence-corrected chi connectivity index (χ4v) is 4.79. The van der Waals surface area contributed by atoms with Crippen LogP contribution >= 0.6 is 34.8 Å². The number of carbonyl (C=O) groups excluding carboxylic acids is 1. The first-order valence-corrected chi connectivity index (χ1v) is 11.8. The van der Waals surface area contributed by atoms with Gasteiger partial charge in [0.15, 0.2) is 0 Å². The Bertz CT molecular complexity index is 1200. The number of sulfonamides is 1. The zero-order valence-corrected chi connectivity index (χ0v) is 19.6. The van der Waals surface area contributed by atoms with E-state index in [0.717, 1.165) is 9.87 Å². The molecule has 0 bridgehead atoms. The molecule has 0 saturated carbocycles. The van der Waals surface area contributed by atoms with E-state index < -0.39 is 22.5 Å². The summed E-state index contributed by atoms with van der Waals surface area (Å²) in [5, 5.41) is 3.86. The van der Waals surface area contributed by atoms with Crippen molar-refractivity contribution in [3.05, 3.63) is 92.9 Å². The lowest BCUT2D eigenvalue weighted by Crippen LogP contribution is -2.37. The lowest BCUT2D eigenvalue weighted by molar-refractivity contribution is -0.116. The van der Waals surface area contributed by atoms with Crippen molar-refractivity contribution in [1.82, 2.24) is 4.31 Å². The van der Waals surface area contributed by atoms with Gasteiger partial charge < -0.3 is 5.32 Å². The van der Waals surface area contributed by atoms with Gasteiger partial charge in [0.25, 0.3) is 0 Å². The van der Waals surface area contributed by atoms with Gasteiger partial charge in [0.1, 0.15) is 0 Å². The number of carbonyl (C=O) groups is 1. The first-order chi connectivity index (χ1) is 14.7. The molecule has 0 aliphatic rings. The van der Waals surface area contributed by atoms with Crippen LogP contribution in [0.3, 0.4) is 0 Å². The molecule has 5 nitrogen and oxygen atoms in total. The van der Waals surface area contributed by atoms with Crippen molar-refractivity contribution in [2.45, 2.75) is 18.4 Å². The molecule has 0 aliphatic carbocycles. The Kier molecular flexibility index (Phi) is 7.62. The van der Waals surface area contributed by atoms with E-state index in [4.69, 9.17) is 34.8 Å². The van der Waals surface area contributed by atoms with Crippen LogP contribution in [0.2, 0.25) is 15.1 Å². The minimum atomic E-state index is -3.96. The molecule has 0 atom stereocenters. The summed E-state index contributed by atoms with van der Waals surface area (Å²) < 4.78 is 27.6. The highest BCUT2D eigenvalue weighted by molar-refractivity contribution is 7.89. The van der Waals surface area contributed by atoms with E-state index >= 15 is 0 Å². The van der Waals surface area contributed by atoms with Gasteiger partial charge in [-0.1, -0.05) is 65.1 Å². The fourth-order valence-electron chi connectivity index (χ4n) is 2.89. The monoisotopic (exact) mass is 496 g/mol. The van der Waals surface area contributed by atoms with Crippen LogP contribution in [0.25, 0.3) is 0 Å². The van der Waals surface area contributed by atoms with Crippen molar-refractivity contribution in [2.75, 3.05) is 11.9 Å². The van der Waals surface area contributed by atoms with Crippen LogP contribution in [0, 0.1) is 6.92 Å². The minimum absolute atomic E-state index is 0.0595. The molecule has 9 heteroatoms. The Morgan fingerprint density at radius 2 is 1.65 bits per heavy atom. The number of benzene rings is 3. The van der Waals surface area contributed by atoms with Gasteiger partial charge >= 0.3 is 0 Å². The predicted molar refractivity (Wildman–Crippen MR) is 125 cm³/mol. The Morgan fingerprint density at radius 3 is 2.32 bits per heavy atom. The minimum Gasteiger partial charge on any atom is -0.325 e. The quantitative estimate of drug-likeness (QED) is 0.449. The van der Waals surface area contributed by atoms with E-state index in [1.807, 2.05) is 6.92 Å². The molecule has 0 saturated heterocycles. The van der Waals surface area contributed by atoms with Gasteiger partial charge in [-0.2, -0.15) is 4.31 Å². The van der Waals surface area contributed by atoms with Crippen LogP contribution in [-0.4, -0.2) is 25.2 Å². The van der Waals surface area contributed by atoms with Gasteiger partial charge in [-0.05, 0) is 54.4 Å². The Balaban J connectivity index is 1.90. The van der Waals surface area contributed by atoms with Crippen LogP contribution in [0.1, 0.15) is 11.1 Å². The van der Waals surface area contributed by atoms with Gasteiger partial charge in [0.2, 0.25) is 15.9 Å². The molecule has 162 valence electrons. The Labute approximate surface area is 196 Å². The first-order valence-electron chi connectivity index (χ1n) is 9.22. The second-order valence-corrected chi connectivity index (χ2v) is 10.0. The molecule has 3 aromatic carbocycles. The topological polar surface area (TPSA) is 66.5 Å². The highest BCUT2D eigenvalue weighted by Crippen LogP contribution is 2.25. The van der Waals surface area contributed by atoms with Gasteiger partial charge in [-0.15, -0.1) is 0 Å². The van der Waals surface area contributed by atoms with Crippen molar-refractivity contribution in [1.29, 1.82) is 0 Å². The van der Waals surface area contributed by atoms with E-state index in [2.05, 4.69) is 5.32 Å². The van der Waals surface area contributed by atoms with E-state index in [0.29, 0.717) is 26.3 Å². The maximum Gasteiger partial charge on any atom is 0.243 e. The number of nitrogens with zero attached hydrogens (tertiary/aromatic N) is 1. The van der Waals surface area contributed by atoms with Crippen molar-refractivity contribution in [3.63, 3.8) is 0 Å². The summed E-state index contributed by atoms with van der Waals surface area (Å²) >= 11 is 18.1. The smallest absolute Gasteiger partial charge is 0.243 e. The summed E-state index contributed by atoms with van der Waals surface area (Å²) in [7, 11) is -3.96. The highest BCUT2D eigenvalue weighted by atomic mass is 35.5. The summed E-state index contributed by atoms with van der Waals surface area (Å²) in [6.45, 7) is 1.36. The molecule has 1 N–H and O–H groups in total. The normalized spacial score (nSPS) is 11.5. The van der Waals surface area contributed by atoms with Crippen LogP contribution < -0.4 is 5.32 Å². The van der Waals surface area contributed by atoms with Crippen molar-refractivity contribution >= 4 is 56.4 Å². The van der Waals surface area contributed by atoms with Gasteiger partial charge in [-0.3, -0.25) is 4.79 Å². The fraction of sp³-hybridized carbons (Fsp3) is 0.136. The molecular formula is C22H19Cl3N2O3S. The van der Waals surface area contributed by atoms with Gasteiger partial charge in [0.05, 0.1) is 21.5 Å². The molecule has 0 fully saturated rings. The average molecular weight is 498 g/mol. The summed E-state index contributed by atoms with van der Waals surface area (Å²) in [5.41, 5.74) is 1.92. The number of anilines is 1. The molecule has 0 aromatic heterocycles. The van der Waals surface area contributed by atoms with Crippen molar-refractivity contribution < 1.29 is 13.2 Å². The first kappa shape index (κ1) is 23.6. The largest absolute Gasteiger partial charge is 0.325 e. The van der Waals surface area contributed by atoms with Crippen molar-refractivity contribution in [3.8, 4) is 0 Å². The highest BCUT2D eigenvalue weighted by Gasteiger charge is 2.27. The maximum absolute atomic E-state index is 13.3. The number of hydrogen-bond acceptors (Lipinski definition) is 3. The third-order valence-corrected chi connectivity index (χ3v) is 7.30. The molecule has 0 aliphatic heterocycles. The molecule has 31 heavy (non-hydrogen) atoms. The molecule has 0 heterocycles. The lowest BCUT2D eigenvalue weighted by atomic mass is 10.2. The standard InChI is InChI=1S/C22H19Cl3N2O3S/c1-15-7-9-17(23)12-21(15)26-22(28)14-27(13-16-8-10-19(24)20(25)11-16)31(29,30)18-5-3-2-4-6-18/h2-12H,13-14H2,1H3,(H,26,28). The van der Waals surface area contributed by atoms with Gasteiger partial charge in [-0.25, -0.2) is 8.42 Å². The molecule has 3 rings (SSSR count). The molecule has 0 radical (unpaired) electrons. The van der Waals surface area contributed by atoms with Crippen molar-refractivity contribution in [2.24, 2.45) is 0 Å². The number of amides is 1. The second kappa shape index (κ2) is 10.0. The van der Waals surface area contributed by atoms with Gasteiger partial charge in [0, 0.05) is 17.3 Å². The SMILES string of the molecule is Cc1ccc(Cl)cc1NC(=O)CN(Cc1ccc(Cl)c(Cl)c1)S(=O)(=O)c1ccccc1. The number of hydrogen-bond donors (Lipinski definition) is 1. The van der Waals surface area contributed by atoms with Crippen LogP contribution in [0.5, 0.6) is 0 Å². The molecule has 3 aromatic rings. The Hall–Kier alpha value is -2.09. The second-order valence-electron chi connectivity index (χ2n) is 6.84. The summed E-state index contributed by atoms with van der Waals surface area (Å²) in [4.78, 5) is 12.9. The zero-order valence-electron chi connectivity index (χ0n) is 16.5. The summed E-state index contributed by atoms with van der Waals surface area (Å²) in [5.74, 6) is -0.495. The molecular weight excluding hydrogens is 479 g/mol. The zero-order chi connectivity index (χ0) is 22.6. The average Bonchev–Trinajstić information content (AvgIpc) is 2.73. The van der Waals surface area contributed by atoms with E-state index in [9.17, 15) is 13.2 Å². The predicted octanol–water partition coefficient (Wildman–Crippen LogP) is 5.78. The van der Waals surface area contributed by atoms with E-state index in [-0.39, 0.29) is 11.4 Å². The number of halogens is 3. The molecule has 1 amide bonds. The summed E-state index contributed by atoms with van der Waals surface area (Å²) in [6, 6.07) is 17.9. The third-order valence-electron chi connectivity index (χ3n) is 4.52. The number of aryl methyl sites for hydroxylation is 1. The van der Waals surface area contributed by atoms with E-state index in [1.54, 1.807) is 54.6 Å². The third kappa shape index (κ3) is 5.99. The van der Waals surface area contributed by atoms with Crippen LogP contribution in [-0.2, 0) is 21.4 Å². The van der Waals surface area contributed by atoms with E-state index in [1.165, 1.54) is 12.1 Å². The molecule has 0 spiro atoms. The lowest BCUT2D eigenvalue weighted by Gasteiger charge is -2.22. The Morgan fingerprint density at radius 1 is 0.935 bits per heavy atom. The van der Waals surface area contributed by atoms with Crippen LogP contribution in [0.15, 0.2) is 71.6 Å². The summed E-state index contributed by atoms with van der Waals surface area (Å²) in [6.07, 6.45) is 0. The van der Waals surface area contributed by atoms with Crippen LogP contribution in [0.4, 0.5) is 5.69 Å². The number of rotatable bonds is 7. The number of nitrogens with one attached hydrogen (secondary N) is 1.